The molecule has 1 aliphatic carbocycles. The maximum atomic E-state index is 13.9. The van der Waals surface area contributed by atoms with Crippen molar-refractivity contribution in [2.24, 2.45) is 0 Å². The van der Waals surface area contributed by atoms with Gasteiger partial charge in [0, 0.05) is 16.2 Å². The van der Waals surface area contributed by atoms with E-state index in [9.17, 15) is 17.6 Å². The molecule has 0 saturated heterocycles. The number of carbonyl (C=O) groups excluding carboxylic acids is 1. The van der Waals surface area contributed by atoms with Crippen molar-refractivity contribution in [3.63, 3.8) is 0 Å². The Bertz CT molecular complexity index is 685. The molecule has 0 radical (unpaired) electrons. The number of carbonyl (C=O) groups is 1. The van der Waals surface area contributed by atoms with E-state index >= 15 is 0 Å². The maximum Gasteiger partial charge on any atom is 0.262 e. The molecule has 0 aliphatic heterocycles. The van der Waals surface area contributed by atoms with Crippen LogP contribution in [0, 0.1) is 5.82 Å². The van der Waals surface area contributed by atoms with Gasteiger partial charge in [-0.25, -0.2) is 12.8 Å². The molecule has 0 bridgehead atoms. The Morgan fingerprint density at radius 3 is 2.43 bits per heavy atom. The quantitative estimate of drug-likeness (QED) is 0.846. The molecule has 1 N–H and O–H groups in total. The fourth-order valence-electron chi connectivity index (χ4n) is 2.51. The molecule has 1 amide bonds. The first-order chi connectivity index (χ1) is 9.62. The molecule has 8 heteroatoms. The van der Waals surface area contributed by atoms with Gasteiger partial charge in [-0.2, -0.15) is 0 Å². The second-order valence-electron chi connectivity index (χ2n) is 5.42. The highest BCUT2D eigenvalue weighted by molar-refractivity contribution is 8.13. The third-order valence-corrected chi connectivity index (χ3v) is 5.44. The Morgan fingerprint density at radius 1 is 1.33 bits per heavy atom. The lowest BCUT2D eigenvalue weighted by molar-refractivity contribution is 0.0903. The Labute approximate surface area is 132 Å². The van der Waals surface area contributed by atoms with Crippen molar-refractivity contribution in [1.29, 1.82) is 0 Å². The molecule has 0 atom stereocenters. The number of benzene rings is 1. The third kappa shape index (κ3) is 3.67. The average Bonchev–Trinajstić information content (AvgIpc) is 2.73. The highest BCUT2D eigenvalue weighted by Crippen LogP contribution is 2.31. The van der Waals surface area contributed by atoms with E-state index in [0.717, 1.165) is 37.8 Å². The summed E-state index contributed by atoms with van der Waals surface area (Å²) in [5.74, 6) is -1.56. The van der Waals surface area contributed by atoms with E-state index in [1.807, 2.05) is 6.92 Å². The Balaban J connectivity index is 2.37. The van der Waals surface area contributed by atoms with Gasteiger partial charge < -0.3 is 5.32 Å². The van der Waals surface area contributed by atoms with Crippen LogP contribution >= 0.6 is 22.3 Å². The fraction of sp³-hybridized carbons (Fsp3) is 0.462. The van der Waals surface area contributed by atoms with Crippen LogP contribution in [0.1, 0.15) is 43.0 Å². The summed E-state index contributed by atoms with van der Waals surface area (Å²) in [6, 6.07) is 1.65. The first kappa shape index (κ1) is 16.5. The molecular formula is C13H14Cl2FNO3S. The van der Waals surface area contributed by atoms with Gasteiger partial charge in [0.2, 0.25) is 0 Å². The topological polar surface area (TPSA) is 63.2 Å². The van der Waals surface area contributed by atoms with Gasteiger partial charge in [-0.15, -0.1) is 0 Å². The van der Waals surface area contributed by atoms with Crippen LogP contribution in [0.5, 0.6) is 0 Å². The van der Waals surface area contributed by atoms with E-state index in [2.05, 4.69) is 5.32 Å². The lowest BCUT2D eigenvalue weighted by atomic mass is 10.00. The summed E-state index contributed by atoms with van der Waals surface area (Å²) in [6.45, 7) is 1.88. The van der Waals surface area contributed by atoms with Gasteiger partial charge in [0.15, 0.2) is 0 Å². The predicted molar refractivity (Wildman–Crippen MR) is 78.8 cm³/mol. The number of nitrogens with one attached hydrogen (secondary N) is 1. The molecule has 0 aromatic heterocycles. The molecule has 4 nitrogen and oxygen atoms in total. The minimum absolute atomic E-state index is 0.355. The van der Waals surface area contributed by atoms with Crippen LogP contribution in [-0.2, 0) is 9.05 Å². The molecule has 1 aliphatic rings. The summed E-state index contributed by atoms with van der Waals surface area (Å²) in [5, 5.41) is 2.40. The summed E-state index contributed by atoms with van der Waals surface area (Å²) in [5.41, 5.74) is -0.782. The normalized spacial score (nSPS) is 17.7. The van der Waals surface area contributed by atoms with Gasteiger partial charge in [-0.3, -0.25) is 4.79 Å². The second kappa shape index (κ2) is 5.74. The van der Waals surface area contributed by atoms with Crippen LogP contribution < -0.4 is 5.32 Å². The predicted octanol–water partition coefficient (Wildman–Crippen LogP) is 3.47. The zero-order valence-corrected chi connectivity index (χ0v) is 13.6. The van der Waals surface area contributed by atoms with Crippen molar-refractivity contribution in [3.05, 3.63) is 28.5 Å². The van der Waals surface area contributed by atoms with Crippen molar-refractivity contribution < 1.29 is 17.6 Å². The zero-order valence-electron chi connectivity index (χ0n) is 11.3. The Kier molecular flexibility index (Phi) is 4.52. The minimum Gasteiger partial charge on any atom is -0.347 e. The summed E-state index contributed by atoms with van der Waals surface area (Å²) in [4.78, 5) is 11.7. The van der Waals surface area contributed by atoms with E-state index in [0.29, 0.717) is 0 Å². The zero-order chi connectivity index (χ0) is 15.8. The van der Waals surface area contributed by atoms with Crippen LogP contribution in [0.4, 0.5) is 4.39 Å². The molecule has 1 fully saturated rings. The average molecular weight is 354 g/mol. The van der Waals surface area contributed by atoms with Gasteiger partial charge in [0.25, 0.3) is 15.0 Å². The minimum atomic E-state index is -4.16. The van der Waals surface area contributed by atoms with Crippen LogP contribution in [-0.4, -0.2) is 19.9 Å². The first-order valence-electron chi connectivity index (χ1n) is 6.39. The van der Waals surface area contributed by atoms with Crippen molar-refractivity contribution in [3.8, 4) is 0 Å². The van der Waals surface area contributed by atoms with E-state index in [4.69, 9.17) is 22.3 Å². The number of hydrogen-bond acceptors (Lipinski definition) is 3. The lowest BCUT2D eigenvalue weighted by Crippen LogP contribution is -2.43. The lowest BCUT2D eigenvalue weighted by Gasteiger charge is -2.25. The highest BCUT2D eigenvalue weighted by atomic mass is 35.7. The number of amides is 1. The smallest absolute Gasteiger partial charge is 0.262 e. The molecule has 2 rings (SSSR count). The van der Waals surface area contributed by atoms with Gasteiger partial charge in [0.1, 0.15) is 10.7 Å². The van der Waals surface area contributed by atoms with Crippen molar-refractivity contribution in [2.45, 2.75) is 43.0 Å². The van der Waals surface area contributed by atoms with E-state index < -0.39 is 31.2 Å². The van der Waals surface area contributed by atoms with Gasteiger partial charge >= 0.3 is 0 Å². The third-order valence-electron chi connectivity index (χ3n) is 3.65. The largest absolute Gasteiger partial charge is 0.347 e. The van der Waals surface area contributed by atoms with Crippen LogP contribution in [0.25, 0.3) is 0 Å². The molecule has 0 spiro atoms. The number of halogens is 3. The van der Waals surface area contributed by atoms with E-state index in [1.54, 1.807) is 0 Å². The molecule has 116 valence electrons. The number of hydrogen-bond donors (Lipinski definition) is 1. The van der Waals surface area contributed by atoms with Crippen LogP contribution in [0.15, 0.2) is 17.0 Å². The molecular weight excluding hydrogens is 340 g/mol. The summed E-state index contributed by atoms with van der Waals surface area (Å²) < 4.78 is 36.6. The van der Waals surface area contributed by atoms with E-state index in [1.165, 1.54) is 0 Å². The number of rotatable bonds is 3. The van der Waals surface area contributed by atoms with Crippen LogP contribution in [0.3, 0.4) is 0 Å². The molecule has 1 aromatic carbocycles. The maximum absolute atomic E-state index is 13.9. The van der Waals surface area contributed by atoms with Gasteiger partial charge in [-0.05, 0) is 31.9 Å². The molecule has 21 heavy (non-hydrogen) atoms. The van der Waals surface area contributed by atoms with Crippen molar-refractivity contribution >= 4 is 37.2 Å². The summed E-state index contributed by atoms with van der Waals surface area (Å²) in [6.07, 6.45) is 3.57. The summed E-state index contributed by atoms with van der Waals surface area (Å²) in [7, 11) is 1.07. The molecule has 1 aromatic rings. The van der Waals surface area contributed by atoms with E-state index in [-0.39, 0.29) is 10.6 Å². The SMILES string of the molecule is CC1(NC(=O)c2cc(S(=O)(=O)Cl)c(Cl)cc2F)CCCC1. The van der Waals surface area contributed by atoms with Gasteiger partial charge in [0.05, 0.1) is 10.6 Å². The fourth-order valence-corrected chi connectivity index (χ4v) is 4.02. The monoisotopic (exact) mass is 353 g/mol. The Hall–Kier alpha value is -0.850. The standard InChI is InChI=1S/C13H14Cl2FNO3S/c1-13(4-2-3-5-13)17-12(18)8-6-11(21(15,19)20)9(14)7-10(8)16/h6-7H,2-5H2,1H3,(H,17,18). The van der Waals surface area contributed by atoms with Crippen molar-refractivity contribution in [2.75, 3.05) is 0 Å². The molecule has 1 saturated carbocycles. The molecule has 0 heterocycles. The second-order valence-corrected chi connectivity index (χ2v) is 8.36. The van der Waals surface area contributed by atoms with Crippen LogP contribution in [0.2, 0.25) is 5.02 Å². The van der Waals surface area contributed by atoms with Gasteiger partial charge in [-0.1, -0.05) is 24.4 Å². The van der Waals surface area contributed by atoms with Crippen molar-refractivity contribution in [1.82, 2.24) is 5.32 Å². The molecule has 0 unspecified atom stereocenters. The highest BCUT2D eigenvalue weighted by Gasteiger charge is 2.31. The first-order valence-corrected chi connectivity index (χ1v) is 9.07. The Morgan fingerprint density at radius 2 is 1.90 bits per heavy atom. The summed E-state index contributed by atoms with van der Waals surface area (Å²) >= 11 is 5.65.